The van der Waals surface area contributed by atoms with E-state index in [2.05, 4.69) is 41.2 Å². The van der Waals surface area contributed by atoms with E-state index in [9.17, 15) is 0 Å². The van der Waals surface area contributed by atoms with Gasteiger partial charge in [-0.15, -0.1) is 11.3 Å². The minimum Gasteiger partial charge on any atom is -0.497 e. The Bertz CT molecular complexity index is 741. The maximum absolute atomic E-state index is 5.29. The molecule has 0 atom stereocenters. The average molecular weight is 284 g/mol. The third-order valence-corrected chi connectivity index (χ3v) is 4.58. The van der Waals surface area contributed by atoms with Crippen molar-refractivity contribution in [2.45, 2.75) is 13.3 Å². The molecule has 0 bridgehead atoms. The van der Waals surface area contributed by atoms with Crippen molar-refractivity contribution in [3.8, 4) is 5.75 Å². The molecule has 2 heterocycles. The molecule has 3 aromatic rings. The second kappa shape index (κ2) is 5.51. The summed E-state index contributed by atoms with van der Waals surface area (Å²) in [6, 6.07) is 6.24. The van der Waals surface area contributed by atoms with Crippen LogP contribution in [0.2, 0.25) is 0 Å². The van der Waals surface area contributed by atoms with Crippen LogP contribution in [0.15, 0.2) is 36.8 Å². The highest BCUT2D eigenvalue weighted by atomic mass is 32.1. The highest BCUT2D eigenvalue weighted by molar-refractivity contribution is 7.20. The number of aromatic nitrogens is 2. The maximum atomic E-state index is 5.29. The van der Waals surface area contributed by atoms with Gasteiger partial charge in [-0.25, -0.2) is 4.98 Å². The molecule has 0 radical (unpaired) electrons. The van der Waals surface area contributed by atoms with Gasteiger partial charge in [0.1, 0.15) is 5.75 Å². The van der Waals surface area contributed by atoms with Crippen molar-refractivity contribution >= 4 is 27.5 Å². The molecule has 0 aliphatic rings. The molecule has 0 fully saturated rings. The van der Waals surface area contributed by atoms with E-state index in [1.165, 1.54) is 20.5 Å². The summed E-state index contributed by atoms with van der Waals surface area (Å²) in [6.07, 6.45) is 8.79. The number of rotatable bonds is 4. The maximum Gasteiger partial charge on any atom is 0.119 e. The van der Waals surface area contributed by atoms with Gasteiger partial charge in [-0.1, -0.05) is 6.08 Å². The summed E-state index contributed by atoms with van der Waals surface area (Å²) < 4.78 is 6.59. The molecule has 0 aliphatic carbocycles. The molecule has 0 aliphatic heterocycles. The van der Waals surface area contributed by atoms with Gasteiger partial charge in [-0.3, -0.25) is 0 Å². The Morgan fingerprint density at radius 3 is 3.05 bits per heavy atom. The minimum absolute atomic E-state index is 0.872. The number of benzene rings is 1. The van der Waals surface area contributed by atoms with Gasteiger partial charge >= 0.3 is 0 Å². The van der Waals surface area contributed by atoms with Gasteiger partial charge < -0.3 is 9.72 Å². The summed E-state index contributed by atoms with van der Waals surface area (Å²) in [5.74, 6) is 0.909. The lowest BCUT2D eigenvalue weighted by Gasteiger charge is -1.99. The van der Waals surface area contributed by atoms with Crippen LogP contribution in [0, 0.1) is 6.92 Å². The van der Waals surface area contributed by atoms with E-state index in [-0.39, 0.29) is 0 Å². The lowest BCUT2D eigenvalue weighted by Crippen LogP contribution is -1.81. The van der Waals surface area contributed by atoms with Crippen molar-refractivity contribution in [1.82, 2.24) is 9.97 Å². The van der Waals surface area contributed by atoms with Gasteiger partial charge in [0.2, 0.25) is 0 Å². The second-order valence-electron chi connectivity index (χ2n) is 4.64. The quantitative estimate of drug-likeness (QED) is 0.779. The lowest BCUT2D eigenvalue weighted by atomic mass is 10.1. The van der Waals surface area contributed by atoms with E-state index < -0.39 is 0 Å². The molecule has 4 heteroatoms. The summed E-state index contributed by atoms with van der Waals surface area (Å²) in [6.45, 7) is 2.16. The van der Waals surface area contributed by atoms with Crippen molar-refractivity contribution in [1.29, 1.82) is 0 Å². The van der Waals surface area contributed by atoms with Crippen LogP contribution in [0.4, 0.5) is 0 Å². The summed E-state index contributed by atoms with van der Waals surface area (Å²) >= 11 is 1.81. The first-order valence-corrected chi connectivity index (χ1v) is 7.30. The molecule has 20 heavy (non-hydrogen) atoms. The zero-order chi connectivity index (χ0) is 13.9. The molecular formula is C16H16N2OS. The first kappa shape index (κ1) is 12.9. The largest absolute Gasteiger partial charge is 0.497 e. The number of H-pyrrole nitrogens is 1. The van der Waals surface area contributed by atoms with Crippen LogP contribution in [0.3, 0.4) is 0 Å². The van der Waals surface area contributed by atoms with Crippen LogP contribution in [0.5, 0.6) is 5.75 Å². The number of fused-ring (bicyclic) bond motifs is 1. The number of thiophene rings is 1. The Hall–Kier alpha value is -2.07. The second-order valence-corrected chi connectivity index (χ2v) is 5.72. The Morgan fingerprint density at radius 1 is 1.40 bits per heavy atom. The van der Waals surface area contributed by atoms with E-state index in [1.54, 1.807) is 13.4 Å². The fourth-order valence-corrected chi connectivity index (χ4v) is 3.32. The van der Waals surface area contributed by atoms with Crippen molar-refractivity contribution in [2.75, 3.05) is 7.11 Å². The number of aryl methyl sites for hydroxylation is 1. The normalized spacial score (nSPS) is 11.5. The van der Waals surface area contributed by atoms with E-state index in [1.807, 2.05) is 23.6 Å². The number of imidazole rings is 1. The van der Waals surface area contributed by atoms with Gasteiger partial charge in [0.15, 0.2) is 0 Å². The third kappa shape index (κ3) is 2.47. The summed E-state index contributed by atoms with van der Waals surface area (Å²) in [5.41, 5.74) is 2.44. The van der Waals surface area contributed by atoms with Crippen LogP contribution in [-0.2, 0) is 6.42 Å². The topological polar surface area (TPSA) is 37.9 Å². The molecule has 0 spiro atoms. The highest BCUT2D eigenvalue weighted by Crippen LogP contribution is 2.34. The summed E-state index contributed by atoms with van der Waals surface area (Å²) in [5, 5.41) is 1.27. The lowest BCUT2D eigenvalue weighted by molar-refractivity contribution is 0.415. The molecule has 0 amide bonds. The third-order valence-electron chi connectivity index (χ3n) is 3.34. The predicted octanol–water partition coefficient (Wildman–Crippen LogP) is 4.20. The van der Waals surface area contributed by atoms with Gasteiger partial charge in [-0.05, 0) is 42.1 Å². The van der Waals surface area contributed by atoms with E-state index in [0.29, 0.717) is 0 Å². The van der Waals surface area contributed by atoms with E-state index in [0.717, 1.165) is 17.9 Å². The van der Waals surface area contributed by atoms with Crippen LogP contribution in [0.1, 0.15) is 16.1 Å². The molecule has 3 rings (SSSR count). The van der Waals surface area contributed by atoms with Crippen molar-refractivity contribution in [2.24, 2.45) is 0 Å². The van der Waals surface area contributed by atoms with Crippen LogP contribution in [-0.4, -0.2) is 17.1 Å². The zero-order valence-electron chi connectivity index (χ0n) is 11.5. The van der Waals surface area contributed by atoms with Crippen LogP contribution < -0.4 is 4.74 Å². The predicted molar refractivity (Wildman–Crippen MR) is 84.4 cm³/mol. The number of nitrogens with zero attached hydrogens (tertiary/aromatic N) is 1. The molecule has 2 aromatic heterocycles. The number of nitrogens with one attached hydrogen (secondary N) is 1. The number of methoxy groups -OCH3 is 1. The SMILES string of the molecule is COc1ccc2sc(/C=C/Cc3cnc[nH]3)c(C)c2c1. The van der Waals surface area contributed by atoms with E-state index in [4.69, 9.17) is 4.74 Å². The number of ether oxygens (including phenoxy) is 1. The van der Waals surface area contributed by atoms with Crippen molar-refractivity contribution in [3.05, 3.63) is 52.9 Å². The molecular weight excluding hydrogens is 268 g/mol. The van der Waals surface area contributed by atoms with E-state index >= 15 is 0 Å². The molecule has 0 saturated heterocycles. The van der Waals surface area contributed by atoms with Gasteiger partial charge in [0, 0.05) is 27.9 Å². The monoisotopic (exact) mass is 284 g/mol. The molecule has 1 aromatic carbocycles. The Balaban J connectivity index is 1.88. The number of allylic oxidation sites excluding steroid dienone is 1. The fourth-order valence-electron chi connectivity index (χ4n) is 2.19. The Morgan fingerprint density at radius 2 is 2.30 bits per heavy atom. The van der Waals surface area contributed by atoms with Crippen molar-refractivity contribution in [3.63, 3.8) is 0 Å². The number of hydrogen-bond donors (Lipinski definition) is 1. The van der Waals surface area contributed by atoms with Crippen LogP contribution in [0.25, 0.3) is 16.2 Å². The number of aromatic amines is 1. The average Bonchev–Trinajstić information content (AvgIpc) is 3.08. The molecule has 3 nitrogen and oxygen atoms in total. The van der Waals surface area contributed by atoms with Crippen molar-refractivity contribution < 1.29 is 4.74 Å². The zero-order valence-corrected chi connectivity index (χ0v) is 12.3. The molecule has 0 saturated carbocycles. The molecule has 1 N–H and O–H groups in total. The fraction of sp³-hybridized carbons (Fsp3) is 0.188. The van der Waals surface area contributed by atoms with Gasteiger partial charge in [0.25, 0.3) is 0 Å². The Labute approximate surface area is 121 Å². The summed E-state index contributed by atoms with van der Waals surface area (Å²) in [7, 11) is 1.70. The van der Waals surface area contributed by atoms with Gasteiger partial charge in [0.05, 0.1) is 13.4 Å². The number of hydrogen-bond acceptors (Lipinski definition) is 3. The first-order chi connectivity index (χ1) is 9.78. The molecule has 0 unspecified atom stereocenters. The Kier molecular flexibility index (Phi) is 3.56. The van der Waals surface area contributed by atoms with Gasteiger partial charge in [-0.2, -0.15) is 0 Å². The minimum atomic E-state index is 0.872. The summed E-state index contributed by atoms with van der Waals surface area (Å²) in [4.78, 5) is 8.42. The molecule has 102 valence electrons. The smallest absolute Gasteiger partial charge is 0.119 e. The van der Waals surface area contributed by atoms with Crippen LogP contribution >= 0.6 is 11.3 Å². The first-order valence-electron chi connectivity index (χ1n) is 6.49. The highest BCUT2D eigenvalue weighted by Gasteiger charge is 2.07. The standard InChI is InChI=1S/C16H16N2OS/c1-11-14-8-13(19-2)6-7-16(14)20-15(11)5-3-4-12-9-17-10-18-12/h3,5-10H,4H2,1-2H3,(H,17,18)/b5-3+.